The Hall–Kier alpha value is -1.66. The molecule has 0 aromatic heterocycles. The van der Waals surface area contributed by atoms with Gasteiger partial charge in [0, 0.05) is 31.7 Å². The van der Waals surface area contributed by atoms with Gasteiger partial charge in [-0.2, -0.15) is 0 Å². The minimum absolute atomic E-state index is 0. The van der Waals surface area contributed by atoms with Crippen LogP contribution in [0.4, 0.5) is 4.39 Å². The third-order valence-electron chi connectivity index (χ3n) is 3.69. The number of piperazine rings is 1. The smallest absolute Gasteiger partial charge is 0.254 e. The van der Waals surface area contributed by atoms with E-state index in [2.05, 4.69) is 0 Å². The average Bonchev–Trinajstić information content (AvgIpc) is 2.48. The lowest BCUT2D eigenvalue weighted by molar-refractivity contribution is -0.133. The summed E-state index contributed by atoms with van der Waals surface area (Å²) in [4.78, 5) is 27.4. The van der Waals surface area contributed by atoms with Crippen LogP contribution >= 0.6 is 12.4 Å². The zero-order chi connectivity index (χ0) is 15.6. The number of hydrogen-bond donors (Lipinski definition) is 1. The van der Waals surface area contributed by atoms with Crippen LogP contribution in [-0.4, -0.2) is 53.8 Å². The molecule has 0 aliphatic carbocycles. The van der Waals surface area contributed by atoms with Crippen LogP contribution < -0.4 is 5.73 Å². The Bertz CT molecular complexity index is 558. The van der Waals surface area contributed by atoms with Crippen molar-refractivity contribution in [3.05, 3.63) is 35.1 Å². The maximum Gasteiger partial charge on any atom is 0.254 e. The molecule has 122 valence electrons. The fraction of sp³-hybridized carbons (Fsp3) is 0.467. The molecule has 1 saturated heterocycles. The number of hydrogen-bond acceptors (Lipinski definition) is 3. The summed E-state index contributed by atoms with van der Waals surface area (Å²) in [6, 6.07) is 3.95. The first kappa shape index (κ1) is 18.4. The van der Waals surface area contributed by atoms with Gasteiger partial charge in [0.15, 0.2) is 0 Å². The molecule has 1 aromatic rings. The molecule has 0 bridgehead atoms. The van der Waals surface area contributed by atoms with Gasteiger partial charge in [-0.3, -0.25) is 9.59 Å². The molecule has 0 radical (unpaired) electrons. The fourth-order valence-corrected chi connectivity index (χ4v) is 2.33. The summed E-state index contributed by atoms with van der Waals surface area (Å²) in [5.41, 5.74) is 6.42. The molecule has 0 spiro atoms. The number of carbonyl (C=O) groups is 2. The van der Waals surface area contributed by atoms with Gasteiger partial charge in [-0.25, -0.2) is 4.39 Å². The second kappa shape index (κ2) is 7.56. The van der Waals surface area contributed by atoms with E-state index in [9.17, 15) is 14.0 Å². The van der Waals surface area contributed by atoms with Gasteiger partial charge in [-0.15, -0.1) is 12.4 Å². The number of halogens is 2. The lowest BCUT2D eigenvalue weighted by Crippen LogP contribution is -2.53. The summed E-state index contributed by atoms with van der Waals surface area (Å²) < 4.78 is 13.5. The van der Waals surface area contributed by atoms with E-state index in [0.717, 1.165) is 0 Å². The summed E-state index contributed by atoms with van der Waals surface area (Å²) in [6.07, 6.45) is 0. The van der Waals surface area contributed by atoms with Crippen molar-refractivity contribution in [3.8, 4) is 0 Å². The Morgan fingerprint density at radius 1 is 1.18 bits per heavy atom. The van der Waals surface area contributed by atoms with Crippen molar-refractivity contribution in [2.45, 2.75) is 19.9 Å². The summed E-state index contributed by atoms with van der Waals surface area (Å²) in [5, 5.41) is 0. The third-order valence-corrected chi connectivity index (χ3v) is 3.69. The number of aryl methyl sites for hydroxylation is 1. The van der Waals surface area contributed by atoms with E-state index in [1.54, 1.807) is 35.8 Å². The fourth-order valence-electron chi connectivity index (χ4n) is 2.33. The van der Waals surface area contributed by atoms with Crippen LogP contribution in [0.1, 0.15) is 22.8 Å². The Morgan fingerprint density at radius 3 is 2.23 bits per heavy atom. The molecule has 1 aromatic carbocycles. The molecule has 1 fully saturated rings. The predicted molar refractivity (Wildman–Crippen MR) is 84.5 cm³/mol. The number of nitrogens with two attached hydrogens (primary N) is 1. The monoisotopic (exact) mass is 329 g/mol. The highest BCUT2D eigenvalue weighted by atomic mass is 35.5. The molecule has 5 nitrogen and oxygen atoms in total. The van der Waals surface area contributed by atoms with E-state index in [0.29, 0.717) is 37.3 Å². The van der Waals surface area contributed by atoms with Gasteiger partial charge >= 0.3 is 0 Å². The van der Waals surface area contributed by atoms with E-state index in [4.69, 9.17) is 5.73 Å². The predicted octanol–water partition coefficient (Wildman–Crippen LogP) is 1.19. The molecular weight excluding hydrogens is 309 g/mol. The summed E-state index contributed by atoms with van der Waals surface area (Å²) >= 11 is 0. The Kier molecular flexibility index (Phi) is 6.32. The summed E-state index contributed by atoms with van der Waals surface area (Å²) in [6.45, 7) is 5.09. The zero-order valence-corrected chi connectivity index (χ0v) is 13.5. The van der Waals surface area contributed by atoms with Crippen LogP contribution in [0, 0.1) is 12.7 Å². The Labute approximate surface area is 135 Å². The molecule has 0 saturated carbocycles. The molecular formula is C15H21ClFN3O2. The van der Waals surface area contributed by atoms with E-state index in [1.165, 1.54) is 6.07 Å². The van der Waals surface area contributed by atoms with Gasteiger partial charge in [0.1, 0.15) is 5.82 Å². The molecule has 22 heavy (non-hydrogen) atoms. The van der Waals surface area contributed by atoms with Crippen molar-refractivity contribution in [3.63, 3.8) is 0 Å². The maximum absolute atomic E-state index is 13.5. The van der Waals surface area contributed by atoms with Crippen molar-refractivity contribution in [1.29, 1.82) is 0 Å². The van der Waals surface area contributed by atoms with Crippen LogP contribution in [0.5, 0.6) is 0 Å². The van der Waals surface area contributed by atoms with Gasteiger partial charge in [-0.05, 0) is 31.5 Å². The molecule has 2 rings (SSSR count). The number of benzene rings is 1. The Balaban J connectivity index is 0.00000242. The van der Waals surface area contributed by atoms with Gasteiger partial charge in [0.2, 0.25) is 5.91 Å². The first-order chi connectivity index (χ1) is 9.90. The zero-order valence-electron chi connectivity index (χ0n) is 12.7. The third kappa shape index (κ3) is 3.96. The lowest BCUT2D eigenvalue weighted by atomic mass is 10.1. The van der Waals surface area contributed by atoms with Crippen molar-refractivity contribution < 1.29 is 14.0 Å². The largest absolute Gasteiger partial charge is 0.338 e. The van der Waals surface area contributed by atoms with E-state index in [1.807, 2.05) is 0 Å². The molecule has 0 unspecified atom stereocenters. The molecule has 2 amide bonds. The minimum Gasteiger partial charge on any atom is -0.338 e. The van der Waals surface area contributed by atoms with Crippen LogP contribution in [0.2, 0.25) is 0 Å². The van der Waals surface area contributed by atoms with E-state index >= 15 is 0 Å². The Morgan fingerprint density at radius 2 is 1.73 bits per heavy atom. The van der Waals surface area contributed by atoms with Crippen LogP contribution in [-0.2, 0) is 4.79 Å². The standard InChI is InChI=1S/C15H20FN3O2.ClH/c1-10-3-4-12(9-13(10)16)15(21)19-7-5-18(6-8-19)14(20)11(2)17;/h3-4,9,11H,5-8,17H2,1-2H3;1H/t11-;/m1./s1. The van der Waals surface area contributed by atoms with Crippen molar-refractivity contribution in [1.82, 2.24) is 9.80 Å². The van der Waals surface area contributed by atoms with Crippen molar-refractivity contribution in [2.75, 3.05) is 26.2 Å². The van der Waals surface area contributed by atoms with Gasteiger partial charge in [0.25, 0.3) is 5.91 Å². The number of rotatable bonds is 2. The molecule has 1 aliphatic heterocycles. The topological polar surface area (TPSA) is 66.6 Å². The van der Waals surface area contributed by atoms with Gasteiger partial charge in [-0.1, -0.05) is 6.07 Å². The second-order valence-corrected chi connectivity index (χ2v) is 5.37. The van der Waals surface area contributed by atoms with Gasteiger partial charge in [0.05, 0.1) is 6.04 Å². The quantitative estimate of drug-likeness (QED) is 0.886. The first-order valence-corrected chi connectivity index (χ1v) is 7.00. The van der Waals surface area contributed by atoms with Crippen LogP contribution in [0.25, 0.3) is 0 Å². The van der Waals surface area contributed by atoms with Gasteiger partial charge < -0.3 is 15.5 Å². The molecule has 1 aliphatic rings. The second-order valence-electron chi connectivity index (χ2n) is 5.37. The maximum atomic E-state index is 13.5. The number of amides is 2. The lowest BCUT2D eigenvalue weighted by Gasteiger charge is -2.35. The number of nitrogens with zero attached hydrogens (tertiary/aromatic N) is 2. The van der Waals surface area contributed by atoms with Crippen molar-refractivity contribution >= 4 is 24.2 Å². The van der Waals surface area contributed by atoms with Crippen molar-refractivity contribution in [2.24, 2.45) is 5.73 Å². The normalized spacial score (nSPS) is 16.0. The molecule has 7 heteroatoms. The number of carbonyl (C=O) groups excluding carboxylic acids is 2. The van der Waals surface area contributed by atoms with Crippen LogP contribution in [0.3, 0.4) is 0 Å². The first-order valence-electron chi connectivity index (χ1n) is 7.00. The molecule has 2 N–H and O–H groups in total. The van der Waals surface area contributed by atoms with E-state index in [-0.39, 0.29) is 30.0 Å². The highest BCUT2D eigenvalue weighted by molar-refractivity contribution is 5.94. The summed E-state index contributed by atoms with van der Waals surface area (Å²) in [5.74, 6) is -0.697. The van der Waals surface area contributed by atoms with E-state index < -0.39 is 6.04 Å². The molecule has 1 heterocycles. The summed E-state index contributed by atoms with van der Waals surface area (Å²) in [7, 11) is 0. The van der Waals surface area contributed by atoms with Crippen LogP contribution in [0.15, 0.2) is 18.2 Å². The molecule has 1 atom stereocenters. The highest BCUT2D eigenvalue weighted by Gasteiger charge is 2.26. The highest BCUT2D eigenvalue weighted by Crippen LogP contribution is 2.13. The average molecular weight is 330 g/mol. The minimum atomic E-state index is -0.529. The SMILES string of the molecule is Cc1ccc(C(=O)N2CCN(C(=O)[C@@H](C)N)CC2)cc1F.Cl.